The van der Waals surface area contributed by atoms with E-state index in [9.17, 15) is 5.11 Å². The second-order valence-corrected chi connectivity index (χ2v) is 7.53. The molecule has 2 aromatic heterocycles. The summed E-state index contributed by atoms with van der Waals surface area (Å²) in [7, 11) is 0. The molecule has 1 aliphatic rings. The molecule has 0 amide bonds. The zero-order valence-electron chi connectivity index (χ0n) is 11.7. The van der Waals surface area contributed by atoms with Crippen molar-refractivity contribution in [2.24, 2.45) is 5.92 Å². The van der Waals surface area contributed by atoms with E-state index < -0.39 is 0 Å². The Kier molecular flexibility index (Phi) is 4.51. The summed E-state index contributed by atoms with van der Waals surface area (Å²) in [6.45, 7) is 5.08. The summed E-state index contributed by atoms with van der Waals surface area (Å²) in [4.78, 5) is 9.60. The third kappa shape index (κ3) is 3.28. The van der Waals surface area contributed by atoms with Crippen molar-refractivity contribution in [3.8, 4) is 9.88 Å². The van der Waals surface area contributed by atoms with Crippen LogP contribution in [0.3, 0.4) is 0 Å². The molecule has 3 nitrogen and oxygen atoms in total. The predicted octanol–water partition coefficient (Wildman–Crippen LogP) is 3.46. The van der Waals surface area contributed by atoms with Gasteiger partial charge >= 0.3 is 0 Å². The van der Waals surface area contributed by atoms with Crippen LogP contribution in [-0.2, 0) is 6.54 Å². The number of thiazole rings is 1. The molecular weight excluding hydrogens is 288 g/mol. The first-order chi connectivity index (χ1) is 9.72. The molecular formula is C15H20N2OS2. The van der Waals surface area contributed by atoms with E-state index in [1.807, 2.05) is 13.1 Å². The normalized spacial score (nSPS) is 19.3. The van der Waals surface area contributed by atoms with Crippen LogP contribution in [0.1, 0.15) is 24.6 Å². The first-order valence-corrected chi connectivity index (χ1v) is 8.81. The highest BCUT2D eigenvalue weighted by atomic mass is 32.1. The third-order valence-electron chi connectivity index (χ3n) is 3.98. The number of thiophene rings is 1. The lowest BCUT2D eigenvalue weighted by molar-refractivity contribution is 0.0698. The molecule has 1 N–H and O–H groups in total. The Bertz CT molecular complexity index is 528. The summed E-state index contributed by atoms with van der Waals surface area (Å²) >= 11 is 3.55. The van der Waals surface area contributed by atoms with Crippen LogP contribution in [0.4, 0.5) is 0 Å². The summed E-state index contributed by atoms with van der Waals surface area (Å²) < 4.78 is 0. The topological polar surface area (TPSA) is 36.4 Å². The molecule has 0 radical (unpaired) electrons. The summed E-state index contributed by atoms with van der Waals surface area (Å²) in [6.07, 6.45) is 4.06. The van der Waals surface area contributed by atoms with Crippen LogP contribution < -0.4 is 0 Å². The highest BCUT2D eigenvalue weighted by Gasteiger charge is 2.22. The highest BCUT2D eigenvalue weighted by molar-refractivity contribution is 7.20. The first-order valence-electron chi connectivity index (χ1n) is 7.11. The SMILES string of the molecule is CC(O)C1CCN(Cc2cnc(-c3cccs3)s2)CC1. The monoisotopic (exact) mass is 308 g/mol. The number of piperidine rings is 1. The van der Waals surface area contributed by atoms with Gasteiger partial charge in [0.15, 0.2) is 0 Å². The molecule has 3 heterocycles. The van der Waals surface area contributed by atoms with Crippen molar-refractivity contribution in [3.63, 3.8) is 0 Å². The van der Waals surface area contributed by atoms with Gasteiger partial charge in [0, 0.05) is 17.6 Å². The number of aliphatic hydroxyl groups is 1. The van der Waals surface area contributed by atoms with Gasteiger partial charge in [0.25, 0.3) is 0 Å². The lowest BCUT2D eigenvalue weighted by Crippen LogP contribution is -2.36. The molecule has 1 saturated heterocycles. The average Bonchev–Trinajstić information content (AvgIpc) is 3.09. The molecule has 1 fully saturated rings. The molecule has 0 aromatic carbocycles. The van der Waals surface area contributed by atoms with E-state index in [2.05, 4.69) is 27.4 Å². The fraction of sp³-hybridized carbons (Fsp3) is 0.533. The smallest absolute Gasteiger partial charge is 0.133 e. The molecule has 0 bridgehead atoms. The van der Waals surface area contributed by atoms with Gasteiger partial charge < -0.3 is 5.11 Å². The highest BCUT2D eigenvalue weighted by Crippen LogP contribution is 2.30. The molecule has 0 aliphatic carbocycles. The van der Waals surface area contributed by atoms with E-state index in [4.69, 9.17) is 0 Å². The quantitative estimate of drug-likeness (QED) is 0.939. The molecule has 1 unspecified atom stereocenters. The summed E-state index contributed by atoms with van der Waals surface area (Å²) in [5, 5.41) is 12.9. The van der Waals surface area contributed by atoms with Gasteiger partial charge in [-0.05, 0) is 50.2 Å². The Morgan fingerprint density at radius 1 is 1.45 bits per heavy atom. The Hall–Kier alpha value is -0.750. The van der Waals surface area contributed by atoms with Crippen LogP contribution in [0.5, 0.6) is 0 Å². The Balaban J connectivity index is 1.57. The maximum Gasteiger partial charge on any atom is 0.133 e. The Labute approximate surface area is 127 Å². The minimum atomic E-state index is -0.161. The van der Waals surface area contributed by atoms with Crippen LogP contribution in [0.15, 0.2) is 23.7 Å². The Morgan fingerprint density at radius 2 is 2.25 bits per heavy atom. The van der Waals surface area contributed by atoms with Gasteiger partial charge in [0.05, 0.1) is 11.0 Å². The summed E-state index contributed by atoms with van der Waals surface area (Å²) in [6, 6.07) is 4.20. The molecule has 3 rings (SSSR count). The van der Waals surface area contributed by atoms with Crippen molar-refractivity contribution in [1.82, 2.24) is 9.88 Å². The Morgan fingerprint density at radius 3 is 2.90 bits per heavy atom. The van der Waals surface area contributed by atoms with E-state index in [-0.39, 0.29) is 6.10 Å². The van der Waals surface area contributed by atoms with E-state index in [1.54, 1.807) is 22.7 Å². The first kappa shape index (κ1) is 14.2. The molecule has 5 heteroatoms. The van der Waals surface area contributed by atoms with Crippen LogP contribution in [0.2, 0.25) is 0 Å². The van der Waals surface area contributed by atoms with Crippen LogP contribution in [0, 0.1) is 5.92 Å². The third-order valence-corrected chi connectivity index (χ3v) is 6.00. The van der Waals surface area contributed by atoms with Crippen molar-refractivity contribution >= 4 is 22.7 Å². The number of aliphatic hydroxyl groups excluding tert-OH is 1. The van der Waals surface area contributed by atoms with Crippen molar-refractivity contribution in [1.29, 1.82) is 0 Å². The standard InChI is InChI=1S/C15H20N2OS2/c1-11(18)12-4-6-17(7-5-12)10-13-9-16-15(20-13)14-3-2-8-19-14/h2-3,8-9,11-12,18H,4-7,10H2,1H3. The number of nitrogens with zero attached hydrogens (tertiary/aromatic N) is 2. The summed E-state index contributed by atoms with van der Waals surface area (Å²) in [5.41, 5.74) is 0. The molecule has 0 spiro atoms. The molecule has 20 heavy (non-hydrogen) atoms. The second kappa shape index (κ2) is 6.35. The molecule has 1 atom stereocenters. The predicted molar refractivity (Wildman–Crippen MR) is 85.1 cm³/mol. The van der Waals surface area contributed by atoms with Crippen molar-refractivity contribution in [2.75, 3.05) is 13.1 Å². The van der Waals surface area contributed by atoms with E-state index >= 15 is 0 Å². The second-order valence-electron chi connectivity index (χ2n) is 5.46. The van der Waals surface area contributed by atoms with Crippen molar-refractivity contribution in [3.05, 3.63) is 28.6 Å². The number of aromatic nitrogens is 1. The van der Waals surface area contributed by atoms with Crippen LogP contribution in [-0.4, -0.2) is 34.2 Å². The average molecular weight is 308 g/mol. The molecule has 2 aromatic rings. The van der Waals surface area contributed by atoms with Gasteiger partial charge in [-0.3, -0.25) is 4.90 Å². The zero-order chi connectivity index (χ0) is 13.9. The van der Waals surface area contributed by atoms with Crippen LogP contribution >= 0.6 is 22.7 Å². The van der Waals surface area contributed by atoms with E-state index in [1.165, 1.54) is 9.75 Å². The fourth-order valence-electron chi connectivity index (χ4n) is 2.71. The van der Waals surface area contributed by atoms with Crippen LogP contribution in [0.25, 0.3) is 9.88 Å². The molecule has 1 aliphatic heterocycles. The summed E-state index contributed by atoms with van der Waals surface area (Å²) in [5.74, 6) is 0.481. The van der Waals surface area contributed by atoms with E-state index in [0.29, 0.717) is 5.92 Å². The maximum absolute atomic E-state index is 9.64. The maximum atomic E-state index is 9.64. The number of hydrogen-bond donors (Lipinski definition) is 1. The molecule has 0 saturated carbocycles. The van der Waals surface area contributed by atoms with Crippen molar-refractivity contribution < 1.29 is 5.11 Å². The lowest BCUT2D eigenvalue weighted by Gasteiger charge is -2.32. The zero-order valence-corrected chi connectivity index (χ0v) is 13.3. The largest absolute Gasteiger partial charge is 0.393 e. The van der Waals surface area contributed by atoms with E-state index in [0.717, 1.165) is 37.5 Å². The number of hydrogen-bond acceptors (Lipinski definition) is 5. The van der Waals surface area contributed by atoms with Gasteiger partial charge in [0.2, 0.25) is 0 Å². The number of likely N-dealkylation sites (tertiary alicyclic amines) is 1. The number of rotatable bonds is 4. The van der Waals surface area contributed by atoms with Gasteiger partial charge in [0.1, 0.15) is 5.01 Å². The fourth-order valence-corrected chi connectivity index (χ4v) is 4.47. The minimum Gasteiger partial charge on any atom is -0.393 e. The van der Waals surface area contributed by atoms with Gasteiger partial charge in [-0.25, -0.2) is 4.98 Å². The van der Waals surface area contributed by atoms with Gasteiger partial charge in [-0.1, -0.05) is 6.07 Å². The lowest BCUT2D eigenvalue weighted by atomic mass is 9.92. The van der Waals surface area contributed by atoms with Crippen molar-refractivity contribution in [2.45, 2.75) is 32.4 Å². The minimum absolute atomic E-state index is 0.161. The molecule has 108 valence electrons. The van der Waals surface area contributed by atoms with Gasteiger partial charge in [-0.2, -0.15) is 0 Å². The van der Waals surface area contributed by atoms with Gasteiger partial charge in [-0.15, -0.1) is 22.7 Å².